The molecule has 0 bridgehead atoms. The van der Waals surface area contributed by atoms with Gasteiger partial charge in [0.25, 0.3) is 0 Å². The van der Waals surface area contributed by atoms with Crippen molar-refractivity contribution >= 4 is 16.9 Å². The summed E-state index contributed by atoms with van der Waals surface area (Å²) in [6.07, 6.45) is 2.67. The highest BCUT2D eigenvalue weighted by Gasteiger charge is 2.26. The normalized spacial score (nSPS) is 17.0. The highest BCUT2D eigenvalue weighted by atomic mass is 16.3. The summed E-state index contributed by atoms with van der Waals surface area (Å²) in [5.41, 5.74) is 6.18. The van der Waals surface area contributed by atoms with Gasteiger partial charge in [-0.3, -0.25) is 0 Å². The molecule has 21 heavy (non-hydrogen) atoms. The Hall–Kier alpha value is -2.40. The molecule has 1 aliphatic heterocycles. The highest BCUT2D eigenvalue weighted by molar-refractivity contribution is 5.77. The highest BCUT2D eigenvalue weighted by Crippen LogP contribution is 2.37. The van der Waals surface area contributed by atoms with E-state index < -0.39 is 0 Å². The van der Waals surface area contributed by atoms with Crippen molar-refractivity contribution in [2.24, 2.45) is 0 Å². The van der Waals surface area contributed by atoms with Gasteiger partial charge in [0.15, 0.2) is 5.65 Å². The average molecular weight is 280 g/mol. The van der Waals surface area contributed by atoms with Gasteiger partial charge in [-0.15, -0.1) is 0 Å². The molecule has 4 rings (SSSR count). The fourth-order valence-electron chi connectivity index (χ4n) is 3.12. The minimum atomic E-state index is 0.0742. The van der Waals surface area contributed by atoms with Crippen molar-refractivity contribution in [2.45, 2.75) is 26.0 Å². The number of aliphatic hydroxyl groups excluding tert-OH is 1. The summed E-state index contributed by atoms with van der Waals surface area (Å²) in [7, 11) is 0. The van der Waals surface area contributed by atoms with E-state index in [0.717, 1.165) is 40.2 Å². The van der Waals surface area contributed by atoms with Crippen LogP contribution in [-0.4, -0.2) is 20.1 Å². The Morgan fingerprint density at radius 2 is 2.24 bits per heavy atom. The molecule has 3 heterocycles. The third-order valence-corrected chi connectivity index (χ3v) is 4.09. The van der Waals surface area contributed by atoms with Crippen LogP contribution in [-0.2, 0) is 13.0 Å². The number of hydrogen-bond acceptors (Lipinski definition) is 4. The molecule has 2 aromatic heterocycles. The quantitative estimate of drug-likeness (QED) is 0.674. The van der Waals surface area contributed by atoms with Crippen molar-refractivity contribution in [3.05, 3.63) is 53.0 Å². The first-order valence-corrected chi connectivity index (χ1v) is 7.05. The van der Waals surface area contributed by atoms with Crippen molar-refractivity contribution in [1.29, 1.82) is 0 Å². The number of imidazole rings is 1. The van der Waals surface area contributed by atoms with Gasteiger partial charge in [-0.1, -0.05) is 12.1 Å². The lowest BCUT2D eigenvalue weighted by Gasteiger charge is -2.11. The molecule has 0 aliphatic carbocycles. The first kappa shape index (κ1) is 12.3. The van der Waals surface area contributed by atoms with Crippen LogP contribution in [0.1, 0.15) is 28.6 Å². The summed E-state index contributed by atoms with van der Waals surface area (Å²) in [4.78, 5) is 12.1. The summed E-state index contributed by atoms with van der Waals surface area (Å²) in [6, 6.07) is 8.19. The van der Waals surface area contributed by atoms with Crippen molar-refractivity contribution in [1.82, 2.24) is 15.0 Å². The molecule has 1 aliphatic rings. The number of aromatic nitrogens is 3. The maximum absolute atomic E-state index is 9.48. The molecular weight excluding hydrogens is 264 g/mol. The van der Waals surface area contributed by atoms with E-state index in [0.29, 0.717) is 0 Å². The average Bonchev–Trinajstić information content (AvgIpc) is 3.08. The number of fused-ring (bicyclic) bond motifs is 2. The number of aromatic amines is 1. The second-order valence-electron chi connectivity index (χ2n) is 5.42. The van der Waals surface area contributed by atoms with Crippen LogP contribution in [0.2, 0.25) is 0 Å². The summed E-state index contributed by atoms with van der Waals surface area (Å²) in [5, 5.41) is 13.0. The number of benzene rings is 1. The van der Waals surface area contributed by atoms with Gasteiger partial charge in [0.1, 0.15) is 11.3 Å². The van der Waals surface area contributed by atoms with Gasteiger partial charge in [0.2, 0.25) is 0 Å². The van der Waals surface area contributed by atoms with Gasteiger partial charge in [0, 0.05) is 17.4 Å². The van der Waals surface area contributed by atoms with Crippen molar-refractivity contribution < 1.29 is 5.11 Å². The third kappa shape index (κ3) is 1.89. The lowest BCUT2D eigenvalue weighted by molar-refractivity contribution is 0.281. The monoisotopic (exact) mass is 280 g/mol. The number of nitrogens with one attached hydrogen (secondary N) is 2. The van der Waals surface area contributed by atoms with Crippen molar-refractivity contribution in [3.63, 3.8) is 0 Å². The van der Waals surface area contributed by atoms with E-state index in [-0.39, 0.29) is 12.6 Å². The Morgan fingerprint density at radius 3 is 3.10 bits per heavy atom. The van der Waals surface area contributed by atoms with Gasteiger partial charge in [-0.05, 0) is 36.6 Å². The number of rotatable bonds is 2. The van der Waals surface area contributed by atoms with Crippen LogP contribution in [0.15, 0.2) is 30.5 Å². The maximum atomic E-state index is 9.48. The zero-order valence-corrected chi connectivity index (χ0v) is 11.7. The molecule has 0 amide bonds. The van der Waals surface area contributed by atoms with Crippen LogP contribution in [0, 0.1) is 6.92 Å². The van der Waals surface area contributed by atoms with Crippen LogP contribution < -0.4 is 5.32 Å². The fourth-order valence-corrected chi connectivity index (χ4v) is 3.12. The molecule has 0 spiro atoms. The molecule has 0 radical (unpaired) electrons. The fraction of sp³-hybridized carbons (Fsp3) is 0.250. The summed E-state index contributed by atoms with van der Waals surface area (Å²) < 4.78 is 0. The third-order valence-electron chi connectivity index (χ3n) is 4.09. The SMILES string of the molecule is Cc1nc2c(C3Cc4c(CO)cccc4N3)ccnc2[nH]1. The van der Waals surface area contributed by atoms with Crippen LogP contribution in [0.5, 0.6) is 0 Å². The molecule has 5 nitrogen and oxygen atoms in total. The van der Waals surface area contributed by atoms with E-state index in [4.69, 9.17) is 0 Å². The number of aliphatic hydroxyl groups is 1. The zero-order chi connectivity index (χ0) is 14.4. The molecule has 1 aromatic carbocycles. The maximum Gasteiger partial charge on any atom is 0.157 e. The standard InChI is InChI=1S/C16H16N4O/c1-9-18-15-11(5-6-17-16(15)19-9)14-7-12-10(8-21)3-2-4-13(12)20-14/h2-6,14,20-21H,7-8H2,1H3,(H,17,18,19). The minimum Gasteiger partial charge on any atom is -0.392 e. The van der Waals surface area contributed by atoms with Gasteiger partial charge in [0.05, 0.1) is 12.6 Å². The van der Waals surface area contributed by atoms with Crippen LogP contribution >= 0.6 is 0 Å². The number of H-pyrrole nitrogens is 1. The predicted molar refractivity (Wildman–Crippen MR) is 81.1 cm³/mol. The summed E-state index contributed by atoms with van der Waals surface area (Å²) >= 11 is 0. The van der Waals surface area contributed by atoms with Gasteiger partial charge in [-0.2, -0.15) is 0 Å². The van der Waals surface area contributed by atoms with E-state index in [1.807, 2.05) is 31.3 Å². The topological polar surface area (TPSA) is 73.8 Å². The van der Waals surface area contributed by atoms with Crippen LogP contribution in [0.25, 0.3) is 11.2 Å². The zero-order valence-electron chi connectivity index (χ0n) is 11.7. The molecule has 0 saturated heterocycles. The second-order valence-corrected chi connectivity index (χ2v) is 5.42. The van der Waals surface area contributed by atoms with E-state index in [9.17, 15) is 5.11 Å². The molecule has 0 saturated carbocycles. The first-order chi connectivity index (χ1) is 10.3. The summed E-state index contributed by atoms with van der Waals surface area (Å²) in [6.45, 7) is 2.01. The smallest absolute Gasteiger partial charge is 0.157 e. The summed E-state index contributed by atoms with van der Waals surface area (Å²) in [5.74, 6) is 0.872. The Balaban J connectivity index is 1.79. The molecule has 106 valence electrons. The van der Waals surface area contributed by atoms with E-state index in [1.54, 1.807) is 0 Å². The Morgan fingerprint density at radius 1 is 1.33 bits per heavy atom. The molecule has 0 fully saturated rings. The van der Waals surface area contributed by atoms with E-state index in [1.165, 1.54) is 5.56 Å². The van der Waals surface area contributed by atoms with Gasteiger partial charge >= 0.3 is 0 Å². The number of aryl methyl sites for hydroxylation is 1. The first-order valence-electron chi connectivity index (χ1n) is 7.05. The Bertz CT molecular complexity index is 824. The molecular formula is C16H16N4O. The lowest BCUT2D eigenvalue weighted by Crippen LogP contribution is -2.06. The molecule has 1 atom stereocenters. The second kappa shape index (κ2) is 4.56. The van der Waals surface area contributed by atoms with Crippen LogP contribution in [0.3, 0.4) is 0 Å². The number of anilines is 1. The van der Waals surface area contributed by atoms with Crippen molar-refractivity contribution in [2.75, 3.05) is 5.32 Å². The van der Waals surface area contributed by atoms with Gasteiger partial charge < -0.3 is 15.4 Å². The Kier molecular flexibility index (Phi) is 2.68. The molecule has 5 heteroatoms. The number of pyridine rings is 1. The largest absolute Gasteiger partial charge is 0.392 e. The number of hydrogen-bond donors (Lipinski definition) is 3. The van der Waals surface area contributed by atoms with E-state index >= 15 is 0 Å². The molecule has 1 unspecified atom stereocenters. The predicted octanol–water partition coefficient (Wildman–Crippen LogP) is 2.47. The van der Waals surface area contributed by atoms with Gasteiger partial charge in [-0.25, -0.2) is 9.97 Å². The van der Waals surface area contributed by atoms with Crippen LogP contribution in [0.4, 0.5) is 5.69 Å². The lowest BCUT2D eigenvalue weighted by atomic mass is 10.00. The molecule has 3 aromatic rings. The van der Waals surface area contributed by atoms with E-state index in [2.05, 4.69) is 26.3 Å². The number of nitrogens with zero attached hydrogens (tertiary/aromatic N) is 2. The molecule has 3 N–H and O–H groups in total. The Labute approximate surface area is 122 Å². The minimum absolute atomic E-state index is 0.0742. The van der Waals surface area contributed by atoms with Crippen molar-refractivity contribution in [3.8, 4) is 0 Å².